The van der Waals surface area contributed by atoms with Gasteiger partial charge in [-0.15, -0.1) is 0 Å². The molecule has 0 radical (unpaired) electrons. The van der Waals surface area contributed by atoms with Crippen molar-refractivity contribution in [3.63, 3.8) is 0 Å². The summed E-state index contributed by atoms with van der Waals surface area (Å²) >= 11 is 5.66. The van der Waals surface area contributed by atoms with Gasteiger partial charge < -0.3 is 15.1 Å². The summed E-state index contributed by atoms with van der Waals surface area (Å²) in [5.41, 5.74) is 0.265. The van der Waals surface area contributed by atoms with E-state index in [1.807, 2.05) is 4.90 Å². The van der Waals surface area contributed by atoms with E-state index in [2.05, 4.69) is 15.3 Å². The van der Waals surface area contributed by atoms with Crippen LogP contribution in [0.3, 0.4) is 0 Å². The van der Waals surface area contributed by atoms with Crippen LogP contribution in [0.4, 0.5) is 16.0 Å². The second-order valence-electron chi connectivity index (χ2n) is 5.41. The summed E-state index contributed by atoms with van der Waals surface area (Å²) < 4.78 is 13.1. The highest BCUT2D eigenvalue weighted by Crippen LogP contribution is 2.19. The van der Waals surface area contributed by atoms with Crippen molar-refractivity contribution in [2.75, 3.05) is 36.4 Å². The number of nitrogens with one attached hydrogen (secondary N) is 1. The van der Waals surface area contributed by atoms with E-state index in [9.17, 15) is 14.0 Å². The van der Waals surface area contributed by atoms with Crippen molar-refractivity contribution in [1.29, 1.82) is 0 Å². The minimum absolute atomic E-state index is 0.123. The number of anilines is 2. The molecule has 9 heteroatoms. The Morgan fingerprint density at radius 3 is 2.44 bits per heavy atom. The predicted molar refractivity (Wildman–Crippen MR) is 90.9 cm³/mol. The molecule has 1 aliphatic rings. The Kier molecular flexibility index (Phi) is 5.08. The van der Waals surface area contributed by atoms with Gasteiger partial charge in [-0.3, -0.25) is 9.59 Å². The molecule has 25 heavy (non-hydrogen) atoms. The quantitative estimate of drug-likeness (QED) is 0.819. The van der Waals surface area contributed by atoms with Gasteiger partial charge in [-0.25, -0.2) is 14.4 Å². The van der Waals surface area contributed by atoms with E-state index in [0.717, 1.165) is 6.07 Å². The topological polar surface area (TPSA) is 78.4 Å². The molecule has 2 amide bonds. The van der Waals surface area contributed by atoms with Crippen molar-refractivity contribution >= 4 is 35.1 Å². The fourth-order valence-electron chi connectivity index (χ4n) is 2.47. The Morgan fingerprint density at radius 2 is 1.80 bits per heavy atom. The second kappa shape index (κ2) is 7.43. The van der Waals surface area contributed by atoms with Gasteiger partial charge in [0, 0.05) is 44.3 Å². The molecule has 0 aliphatic carbocycles. The monoisotopic (exact) mass is 363 g/mol. The third-order valence-electron chi connectivity index (χ3n) is 3.77. The van der Waals surface area contributed by atoms with Crippen LogP contribution < -0.4 is 10.2 Å². The van der Waals surface area contributed by atoms with Gasteiger partial charge in [-0.05, 0) is 24.3 Å². The Hall–Kier alpha value is -2.74. The van der Waals surface area contributed by atoms with Crippen LogP contribution in [-0.4, -0.2) is 52.9 Å². The van der Waals surface area contributed by atoms with Gasteiger partial charge in [0.25, 0.3) is 0 Å². The minimum atomic E-state index is -0.785. The number of carbonyl (C=O) groups is 2. The highest BCUT2D eigenvalue weighted by Gasteiger charge is 2.27. The predicted octanol–water partition coefficient (Wildman–Crippen LogP) is 1.56. The molecule has 1 aromatic carbocycles. The molecule has 2 heterocycles. The van der Waals surface area contributed by atoms with Crippen LogP contribution >= 0.6 is 11.6 Å². The number of rotatable bonds is 2. The van der Waals surface area contributed by atoms with E-state index >= 15 is 0 Å². The number of amides is 2. The summed E-state index contributed by atoms with van der Waals surface area (Å²) in [6.45, 7) is 1.83. The lowest BCUT2D eigenvalue weighted by Gasteiger charge is -2.34. The first kappa shape index (κ1) is 17.1. The van der Waals surface area contributed by atoms with E-state index in [1.165, 1.54) is 17.0 Å². The van der Waals surface area contributed by atoms with Crippen LogP contribution in [0.5, 0.6) is 0 Å². The number of nitrogens with zero attached hydrogens (tertiary/aromatic N) is 4. The number of piperazine rings is 1. The van der Waals surface area contributed by atoms with E-state index in [1.54, 1.807) is 18.5 Å². The largest absolute Gasteiger partial charge is 0.337 e. The number of hydrogen-bond acceptors (Lipinski definition) is 5. The lowest BCUT2D eigenvalue weighted by Crippen LogP contribution is -2.52. The van der Waals surface area contributed by atoms with Gasteiger partial charge in [0.1, 0.15) is 5.82 Å². The van der Waals surface area contributed by atoms with E-state index in [-0.39, 0.29) is 10.7 Å². The molecule has 0 saturated carbocycles. The van der Waals surface area contributed by atoms with Gasteiger partial charge in [-0.1, -0.05) is 11.6 Å². The standard InChI is InChI=1S/C16H15ClFN5O2/c17-12-10-11(2-3-13(12)18)21-14(24)15(25)22-6-8-23(9-7-22)16-19-4-1-5-20-16/h1-5,10H,6-9H2,(H,21,24). The van der Waals surface area contributed by atoms with Crippen molar-refractivity contribution in [2.24, 2.45) is 0 Å². The van der Waals surface area contributed by atoms with E-state index < -0.39 is 17.6 Å². The van der Waals surface area contributed by atoms with Gasteiger partial charge in [0.2, 0.25) is 5.95 Å². The highest BCUT2D eigenvalue weighted by molar-refractivity contribution is 6.39. The number of hydrogen-bond donors (Lipinski definition) is 1. The minimum Gasteiger partial charge on any atom is -0.337 e. The van der Waals surface area contributed by atoms with Gasteiger partial charge >= 0.3 is 11.8 Å². The maximum atomic E-state index is 13.1. The van der Waals surface area contributed by atoms with Crippen LogP contribution in [0.25, 0.3) is 0 Å². The van der Waals surface area contributed by atoms with Crippen molar-refractivity contribution in [3.05, 3.63) is 47.5 Å². The maximum Gasteiger partial charge on any atom is 0.313 e. The fraction of sp³-hybridized carbons (Fsp3) is 0.250. The summed E-state index contributed by atoms with van der Waals surface area (Å²) in [7, 11) is 0. The average molecular weight is 364 g/mol. The lowest BCUT2D eigenvalue weighted by atomic mass is 10.3. The molecule has 3 rings (SSSR count). The second-order valence-corrected chi connectivity index (χ2v) is 5.82. The molecule has 0 unspecified atom stereocenters. The molecule has 130 valence electrons. The normalized spacial score (nSPS) is 14.3. The third-order valence-corrected chi connectivity index (χ3v) is 4.06. The zero-order valence-corrected chi connectivity index (χ0v) is 13.9. The summed E-state index contributed by atoms with van der Waals surface area (Å²) in [4.78, 5) is 36.1. The molecule has 0 atom stereocenters. The van der Waals surface area contributed by atoms with E-state index in [0.29, 0.717) is 32.1 Å². The summed E-state index contributed by atoms with van der Waals surface area (Å²) in [5, 5.41) is 2.31. The molecular formula is C16H15ClFN5O2. The molecule has 7 nitrogen and oxygen atoms in total. The number of benzene rings is 1. The fourth-order valence-corrected chi connectivity index (χ4v) is 2.65. The molecule has 1 aliphatic heterocycles. The number of halogens is 2. The van der Waals surface area contributed by atoms with Crippen LogP contribution in [-0.2, 0) is 9.59 Å². The first-order chi connectivity index (χ1) is 12.0. The Morgan fingerprint density at radius 1 is 1.12 bits per heavy atom. The Bertz CT molecular complexity index is 781. The molecule has 1 fully saturated rings. The van der Waals surface area contributed by atoms with Crippen molar-refractivity contribution < 1.29 is 14.0 Å². The average Bonchev–Trinajstić information content (AvgIpc) is 2.65. The summed E-state index contributed by atoms with van der Waals surface area (Å²) in [6.07, 6.45) is 3.31. The molecule has 1 aromatic heterocycles. The molecule has 0 spiro atoms. The van der Waals surface area contributed by atoms with Gasteiger partial charge in [0.15, 0.2) is 0 Å². The van der Waals surface area contributed by atoms with Crippen molar-refractivity contribution in [2.45, 2.75) is 0 Å². The molecule has 0 bridgehead atoms. The van der Waals surface area contributed by atoms with Crippen LogP contribution in [0, 0.1) is 5.82 Å². The van der Waals surface area contributed by atoms with Crippen LogP contribution in [0.2, 0.25) is 5.02 Å². The van der Waals surface area contributed by atoms with E-state index in [4.69, 9.17) is 11.6 Å². The van der Waals surface area contributed by atoms with Gasteiger partial charge in [0.05, 0.1) is 5.02 Å². The Balaban J connectivity index is 1.56. The summed E-state index contributed by atoms with van der Waals surface area (Å²) in [5.74, 6) is -1.42. The Labute approximate surface area is 148 Å². The van der Waals surface area contributed by atoms with Gasteiger partial charge in [-0.2, -0.15) is 0 Å². The zero-order valence-electron chi connectivity index (χ0n) is 13.2. The zero-order chi connectivity index (χ0) is 17.8. The molecule has 1 saturated heterocycles. The molecule has 1 N–H and O–H groups in total. The summed E-state index contributed by atoms with van der Waals surface area (Å²) in [6, 6.07) is 5.46. The number of carbonyl (C=O) groups excluding carboxylic acids is 2. The third kappa shape index (κ3) is 4.03. The first-order valence-electron chi connectivity index (χ1n) is 7.62. The van der Waals surface area contributed by atoms with Crippen LogP contribution in [0.1, 0.15) is 0 Å². The first-order valence-corrected chi connectivity index (χ1v) is 7.99. The van der Waals surface area contributed by atoms with Crippen molar-refractivity contribution in [3.8, 4) is 0 Å². The number of aromatic nitrogens is 2. The lowest BCUT2D eigenvalue weighted by molar-refractivity contribution is -0.143. The van der Waals surface area contributed by atoms with Crippen LogP contribution in [0.15, 0.2) is 36.7 Å². The van der Waals surface area contributed by atoms with Crippen molar-refractivity contribution in [1.82, 2.24) is 14.9 Å². The highest BCUT2D eigenvalue weighted by atomic mass is 35.5. The smallest absolute Gasteiger partial charge is 0.313 e. The maximum absolute atomic E-state index is 13.1. The molecular weight excluding hydrogens is 349 g/mol. The SMILES string of the molecule is O=C(Nc1ccc(F)c(Cl)c1)C(=O)N1CCN(c2ncccn2)CC1. The molecule has 2 aromatic rings.